The van der Waals surface area contributed by atoms with Crippen LogP contribution in [0.15, 0.2) is 6.20 Å². The third-order valence-electron chi connectivity index (χ3n) is 2.15. The highest BCUT2D eigenvalue weighted by Crippen LogP contribution is 1.94. The smallest absolute Gasteiger partial charge is 0.244 e. The van der Waals surface area contributed by atoms with E-state index >= 15 is 0 Å². The molecule has 0 saturated carbocycles. The molecule has 0 aliphatic heterocycles. The Kier molecular flexibility index (Phi) is 4.87. The van der Waals surface area contributed by atoms with E-state index < -0.39 is 0 Å². The summed E-state index contributed by atoms with van der Waals surface area (Å²) in [6.45, 7) is 1.59. The molecule has 0 saturated heterocycles. The lowest BCUT2D eigenvalue weighted by molar-refractivity contribution is -0.131. The molecule has 0 unspecified atom stereocenters. The molecule has 1 aromatic rings. The minimum atomic E-state index is -0.0366. The third-order valence-corrected chi connectivity index (χ3v) is 2.15. The molecule has 1 rings (SSSR count). The lowest BCUT2D eigenvalue weighted by Gasteiger charge is -2.15. The van der Waals surface area contributed by atoms with Gasteiger partial charge < -0.3 is 15.4 Å². The van der Waals surface area contributed by atoms with E-state index in [-0.39, 0.29) is 12.5 Å². The molecule has 0 aromatic carbocycles. The molecule has 1 aromatic heterocycles. The molecule has 0 aliphatic rings. The molecule has 7 heteroatoms. The number of hydrogen-bond acceptors (Lipinski definition) is 5. The largest absolute Gasteiger partial charge is 0.383 e. The normalized spacial score (nSPS) is 10.4. The fraction of sp³-hybridized carbons (Fsp3) is 0.667. The summed E-state index contributed by atoms with van der Waals surface area (Å²) in [5.41, 5.74) is 6.07. The van der Waals surface area contributed by atoms with Gasteiger partial charge in [-0.25, -0.2) is 4.68 Å². The number of likely N-dealkylation sites (N-methyl/N-ethyl adjacent to an activating group) is 1. The maximum absolute atomic E-state index is 11.7. The second-order valence-corrected chi connectivity index (χ2v) is 3.42. The molecule has 1 amide bonds. The number of ether oxygens (including phenoxy) is 1. The van der Waals surface area contributed by atoms with Crippen molar-refractivity contribution in [2.45, 2.75) is 13.1 Å². The minimum absolute atomic E-state index is 0.0366. The minimum Gasteiger partial charge on any atom is -0.383 e. The van der Waals surface area contributed by atoms with Gasteiger partial charge >= 0.3 is 0 Å². The predicted octanol–water partition coefficient (Wildman–Crippen LogP) is -1.16. The molecule has 0 radical (unpaired) electrons. The topological polar surface area (TPSA) is 86.3 Å². The van der Waals surface area contributed by atoms with Crippen LogP contribution in [0.1, 0.15) is 5.69 Å². The summed E-state index contributed by atoms with van der Waals surface area (Å²) < 4.78 is 6.37. The van der Waals surface area contributed by atoms with Gasteiger partial charge in [0.2, 0.25) is 5.91 Å². The van der Waals surface area contributed by atoms with Gasteiger partial charge in [0.25, 0.3) is 0 Å². The van der Waals surface area contributed by atoms with Crippen LogP contribution in [0, 0.1) is 0 Å². The molecular formula is C9H17N5O2. The van der Waals surface area contributed by atoms with Gasteiger partial charge in [-0.2, -0.15) is 0 Å². The first kappa shape index (κ1) is 12.6. The van der Waals surface area contributed by atoms with Crippen molar-refractivity contribution >= 4 is 5.91 Å². The van der Waals surface area contributed by atoms with Crippen molar-refractivity contribution in [3.05, 3.63) is 11.9 Å². The van der Waals surface area contributed by atoms with Crippen LogP contribution < -0.4 is 5.73 Å². The Hall–Kier alpha value is -1.47. The van der Waals surface area contributed by atoms with Gasteiger partial charge in [-0.15, -0.1) is 5.10 Å². The quantitative estimate of drug-likeness (QED) is 0.662. The molecule has 1 heterocycles. The predicted molar refractivity (Wildman–Crippen MR) is 57.4 cm³/mol. The van der Waals surface area contributed by atoms with Crippen LogP contribution in [0.4, 0.5) is 0 Å². The van der Waals surface area contributed by atoms with Crippen molar-refractivity contribution < 1.29 is 9.53 Å². The van der Waals surface area contributed by atoms with Crippen LogP contribution >= 0.6 is 0 Å². The number of aromatic nitrogens is 3. The standard InChI is InChI=1S/C9H17N5O2/c1-13(3-4-16-2)9(15)7-14-6-8(5-10)11-12-14/h6H,3-5,7,10H2,1-2H3. The van der Waals surface area contributed by atoms with Crippen molar-refractivity contribution in [2.24, 2.45) is 5.73 Å². The van der Waals surface area contributed by atoms with Crippen molar-refractivity contribution in [1.82, 2.24) is 19.9 Å². The summed E-state index contributed by atoms with van der Waals surface area (Å²) >= 11 is 0. The zero-order valence-corrected chi connectivity index (χ0v) is 9.59. The van der Waals surface area contributed by atoms with E-state index in [1.54, 1.807) is 25.3 Å². The summed E-state index contributed by atoms with van der Waals surface area (Å²) in [6.07, 6.45) is 1.67. The van der Waals surface area contributed by atoms with E-state index in [1.165, 1.54) is 4.68 Å². The molecular weight excluding hydrogens is 210 g/mol. The first-order valence-electron chi connectivity index (χ1n) is 4.99. The maximum atomic E-state index is 11.7. The van der Waals surface area contributed by atoms with E-state index in [0.717, 1.165) is 0 Å². The molecule has 0 spiro atoms. The fourth-order valence-corrected chi connectivity index (χ4v) is 1.12. The van der Waals surface area contributed by atoms with Crippen LogP contribution in [0.2, 0.25) is 0 Å². The molecule has 0 aliphatic carbocycles. The Morgan fingerprint density at radius 2 is 2.44 bits per heavy atom. The van der Waals surface area contributed by atoms with Crippen molar-refractivity contribution in [1.29, 1.82) is 0 Å². The van der Waals surface area contributed by atoms with E-state index in [1.807, 2.05) is 0 Å². The van der Waals surface area contributed by atoms with Gasteiger partial charge in [-0.05, 0) is 0 Å². The summed E-state index contributed by atoms with van der Waals surface area (Å²) in [5.74, 6) is -0.0366. The van der Waals surface area contributed by atoms with Crippen molar-refractivity contribution in [3.8, 4) is 0 Å². The Balaban J connectivity index is 2.44. The first-order chi connectivity index (χ1) is 7.67. The van der Waals surface area contributed by atoms with Gasteiger partial charge in [0.1, 0.15) is 6.54 Å². The van der Waals surface area contributed by atoms with E-state index in [2.05, 4.69) is 10.3 Å². The summed E-state index contributed by atoms with van der Waals surface area (Å²) in [6, 6.07) is 0. The maximum Gasteiger partial charge on any atom is 0.244 e. The molecule has 90 valence electrons. The number of nitrogens with two attached hydrogens (primary N) is 1. The van der Waals surface area contributed by atoms with Crippen LogP contribution in [0.3, 0.4) is 0 Å². The Morgan fingerprint density at radius 1 is 1.69 bits per heavy atom. The monoisotopic (exact) mass is 227 g/mol. The van der Waals surface area contributed by atoms with Crippen LogP contribution in [0.25, 0.3) is 0 Å². The fourth-order valence-electron chi connectivity index (χ4n) is 1.12. The molecule has 16 heavy (non-hydrogen) atoms. The summed E-state index contributed by atoms with van der Waals surface area (Å²) in [7, 11) is 3.32. The molecule has 7 nitrogen and oxygen atoms in total. The summed E-state index contributed by atoms with van der Waals surface area (Å²) in [5, 5.41) is 7.60. The molecule has 2 N–H and O–H groups in total. The van der Waals surface area contributed by atoms with Crippen LogP contribution in [-0.4, -0.2) is 53.1 Å². The second-order valence-electron chi connectivity index (χ2n) is 3.42. The number of carbonyl (C=O) groups excluding carboxylic acids is 1. The third kappa shape index (κ3) is 3.59. The lowest BCUT2D eigenvalue weighted by Crippen LogP contribution is -2.33. The van der Waals surface area contributed by atoms with E-state index in [0.29, 0.717) is 25.4 Å². The number of amides is 1. The number of carbonyl (C=O) groups is 1. The Labute approximate surface area is 94.2 Å². The number of hydrogen-bond donors (Lipinski definition) is 1. The van der Waals surface area contributed by atoms with Crippen LogP contribution in [-0.2, 0) is 22.6 Å². The average Bonchev–Trinajstić information content (AvgIpc) is 2.73. The summed E-state index contributed by atoms with van der Waals surface area (Å²) in [4.78, 5) is 13.3. The molecule has 0 bridgehead atoms. The highest BCUT2D eigenvalue weighted by molar-refractivity contribution is 5.75. The van der Waals surface area contributed by atoms with Gasteiger partial charge in [0, 0.05) is 27.2 Å². The second kappa shape index (κ2) is 6.19. The first-order valence-corrected chi connectivity index (χ1v) is 4.99. The zero-order chi connectivity index (χ0) is 12.0. The van der Waals surface area contributed by atoms with Gasteiger partial charge in [-0.1, -0.05) is 5.21 Å². The van der Waals surface area contributed by atoms with Gasteiger partial charge in [-0.3, -0.25) is 4.79 Å². The van der Waals surface area contributed by atoms with Crippen LogP contribution in [0.5, 0.6) is 0 Å². The molecule has 0 fully saturated rings. The SMILES string of the molecule is COCCN(C)C(=O)Cn1cc(CN)nn1. The van der Waals surface area contributed by atoms with Crippen molar-refractivity contribution in [3.63, 3.8) is 0 Å². The van der Waals surface area contributed by atoms with Gasteiger partial charge in [0.05, 0.1) is 18.5 Å². The van der Waals surface area contributed by atoms with Gasteiger partial charge in [0.15, 0.2) is 0 Å². The highest BCUT2D eigenvalue weighted by atomic mass is 16.5. The zero-order valence-electron chi connectivity index (χ0n) is 9.59. The number of methoxy groups -OCH3 is 1. The number of nitrogens with zero attached hydrogens (tertiary/aromatic N) is 4. The average molecular weight is 227 g/mol. The van der Waals surface area contributed by atoms with Crippen molar-refractivity contribution in [2.75, 3.05) is 27.3 Å². The number of rotatable bonds is 6. The lowest BCUT2D eigenvalue weighted by atomic mass is 10.4. The Bertz CT molecular complexity index is 338. The molecule has 0 atom stereocenters. The highest BCUT2D eigenvalue weighted by Gasteiger charge is 2.10. The Morgan fingerprint density at radius 3 is 3.00 bits per heavy atom. The van der Waals surface area contributed by atoms with E-state index in [9.17, 15) is 4.79 Å². The van der Waals surface area contributed by atoms with E-state index in [4.69, 9.17) is 10.5 Å².